The molecule has 0 aromatic rings. The van der Waals surface area contributed by atoms with E-state index in [1.165, 1.54) is 103 Å². The quantitative estimate of drug-likeness (QED) is 0.0262. The van der Waals surface area contributed by atoms with Crippen LogP contribution in [0.1, 0.15) is 252 Å². The average Bonchev–Trinajstić information content (AvgIpc) is 3.30. The third-order valence-corrected chi connectivity index (χ3v) is 11.4. The van der Waals surface area contributed by atoms with Gasteiger partial charge in [0.1, 0.15) is 13.2 Å². The molecule has 0 rings (SSSR count). The lowest BCUT2D eigenvalue weighted by atomic mass is 10.0. The Morgan fingerprint density at radius 1 is 0.323 bits per heavy atom. The Labute approximate surface area is 401 Å². The minimum absolute atomic E-state index is 0.0992. The molecule has 0 radical (unpaired) electrons. The Hall–Kier alpha value is -3.41. The summed E-state index contributed by atoms with van der Waals surface area (Å²) >= 11 is 0. The summed E-state index contributed by atoms with van der Waals surface area (Å²) in [7, 11) is 0. The summed E-state index contributed by atoms with van der Waals surface area (Å²) < 4.78 is 16.8. The molecule has 372 valence electrons. The molecule has 0 fully saturated rings. The van der Waals surface area contributed by atoms with Crippen molar-refractivity contribution in [1.82, 2.24) is 0 Å². The van der Waals surface area contributed by atoms with E-state index in [-0.39, 0.29) is 37.5 Å². The summed E-state index contributed by atoms with van der Waals surface area (Å²) in [6.45, 7) is 6.44. The van der Waals surface area contributed by atoms with Gasteiger partial charge in [0.2, 0.25) is 0 Å². The van der Waals surface area contributed by atoms with Crippen molar-refractivity contribution in [3.63, 3.8) is 0 Å². The molecule has 6 heteroatoms. The van der Waals surface area contributed by atoms with Crippen LogP contribution < -0.4 is 0 Å². The number of unbranched alkanes of at least 4 members (excludes halogenated alkanes) is 23. The smallest absolute Gasteiger partial charge is 0.306 e. The molecule has 6 nitrogen and oxygen atoms in total. The number of esters is 3. The van der Waals surface area contributed by atoms with E-state index in [9.17, 15) is 14.4 Å². The lowest BCUT2D eigenvalue weighted by Crippen LogP contribution is -2.30. The molecule has 0 saturated heterocycles. The molecule has 65 heavy (non-hydrogen) atoms. The molecule has 0 aromatic carbocycles. The van der Waals surface area contributed by atoms with Crippen molar-refractivity contribution < 1.29 is 28.6 Å². The first-order valence-corrected chi connectivity index (χ1v) is 27.1. The molecular formula is C59H100O6. The number of carbonyl (C=O) groups excluding carboxylic acids is 3. The Morgan fingerprint density at radius 2 is 0.615 bits per heavy atom. The van der Waals surface area contributed by atoms with Crippen LogP contribution in [0.25, 0.3) is 0 Å². The lowest BCUT2D eigenvalue weighted by molar-refractivity contribution is -0.167. The summed E-state index contributed by atoms with van der Waals surface area (Å²) in [5.41, 5.74) is 0. The summed E-state index contributed by atoms with van der Waals surface area (Å²) in [4.78, 5) is 38.0. The van der Waals surface area contributed by atoms with Gasteiger partial charge in [-0.2, -0.15) is 0 Å². The van der Waals surface area contributed by atoms with Gasteiger partial charge in [0.05, 0.1) is 0 Å². The lowest BCUT2D eigenvalue weighted by Gasteiger charge is -2.18. The van der Waals surface area contributed by atoms with E-state index < -0.39 is 6.10 Å². The van der Waals surface area contributed by atoms with Crippen LogP contribution in [-0.4, -0.2) is 37.2 Å². The zero-order chi connectivity index (χ0) is 47.2. The maximum atomic E-state index is 12.8. The van der Waals surface area contributed by atoms with E-state index in [1.54, 1.807) is 0 Å². The second-order valence-corrected chi connectivity index (χ2v) is 17.8. The van der Waals surface area contributed by atoms with Gasteiger partial charge in [-0.25, -0.2) is 0 Å². The van der Waals surface area contributed by atoms with E-state index in [2.05, 4.69) is 106 Å². The Morgan fingerprint density at radius 3 is 1.03 bits per heavy atom. The van der Waals surface area contributed by atoms with Gasteiger partial charge in [-0.1, -0.05) is 228 Å². The van der Waals surface area contributed by atoms with Gasteiger partial charge >= 0.3 is 17.9 Å². The third kappa shape index (κ3) is 51.4. The maximum Gasteiger partial charge on any atom is 0.306 e. The standard InChI is InChI=1S/C59H100O6/c1-4-7-10-13-16-19-22-25-28-29-32-34-37-40-43-46-49-52-58(61)64-55-56(65-59(62)53-50-47-44-41-38-35-31-27-24-21-18-15-12-9-6-3)54-63-57(60)51-48-45-42-39-36-33-30-26-23-20-17-14-11-8-5-2/h9,12,16,18-19,21,25,27-28,31-32,34,40,43,56H,4-8,10-11,13-15,17,20,22-24,26,29-30,33,35-39,41-42,44-55H2,1-3H3/b12-9-,19-16-,21-18-,28-25-,31-27-,34-32-,43-40-/t56-/m0/s1. The van der Waals surface area contributed by atoms with Gasteiger partial charge in [-0.15, -0.1) is 0 Å². The predicted octanol–water partition coefficient (Wildman–Crippen LogP) is 18.0. The predicted molar refractivity (Wildman–Crippen MR) is 279 cm³/mol. The summed E-state index contributed by atoms with van der Waals surface area (Å²) in [5.74, 6) is -0.972. The van der Waals surface area contributed by atoms with Crippen molar-refractivity contribution in [3.8, 4) is 0 Å². The van der Waals surface area contributed by atoms with E-state index in [1.807, 2.05) is 0 Å². The molecule has 0 aliphatic carbocycles. The average molecular weight is 905 g/mol. The molecule has 0 spiro atoms. The minimum atomic E-state index is -0.806. The third-order valence-electron chi connectivity index (χ3n) is 11.4. The van der Waals surface area contributed by atoms with Gasteiger partial charge in [-0.05, 0) is 89.9 Å². The second kappa shape index (κ2) is 53.2. The van der Waals surface area contributed by atoms with Gasteiger partial charge in [0.15, 0.2) is 6.10 Å². The highest BCUT2D eigenvalue weighted by Crippen LogP contribution is 2.15. The first-order chi connectivity index (χ1) is 32.0. The van der Waals surface area contributed by atoms with Crippen molar-refractivity contribution >= 4 is 17.9 Å². The summed E-state index contributed by atoms with van der Waals surface area (Å²) in [6.07, 6.45) is 68.6. The number of carbonyl (C=O) groups is 3. The molecule has 0 N–H and O–H groups in total. The van der Waals surface area contributed by atoms with Crippen LogP contribution in [0.4, 0.5) is 0 Å². The van der Waals surface area contributed by atoms with E-state index in [0.29, 0.717) is 19.3 Å². The fourth-order valence-electron chi connectivity index (χ4n) is 7.33. The minimum Gasteiger partial charge on any atom is -0.462 e. The van der Waals surface area contributed by atoms with Crippen LogP contribution in [0, 0.1) is 0 Å². The van der Waals surface area contributed by atoms with Gasteiger partial charge in [-0.3, -0.25) is 14.4 Å². The monoisotopic (exact) mass is 905 g/mol. The molecule has 0 aromatic heterocycles. The molecule has 0 heterocycles. The highest BCUT2D eigenvalue weighted by molar-refractivity contribution is 5.71. The largest absolute Gasteiger partial charge is 0.462 e. The highest BCUT2D eigenvalue weighted by Gasteiger charge is 2.19. The summed E-state index contributed by atoms with van der Waals surface area (Å²) in [5, 5.41) is 0. The van der Waals surface area contributed by atoms with Crippen molar-refractivity contribution in [2.24, 2.45) is 0 Å². The first-order valence-electron chi connectivity index (χ1n) is 27.1. The fourth-order valence-corrected chi connectivity index (χ4v) is 7.33. The number of ether oxygens (including phenoxy) is 3. The van der Waals surface area contributed by atoms with Gasteiger partial charge in [0, 0.05) is 19.3 Å². The van der Waals surface area contributed by atoms with Crippen LogP contribution in [0.15, 0.2) is 85.1 Å². The van der Waals surface area contributed by atoms with Crippen molar-refractivity contribution in [2.75, 3.05) is 13.2 Å². The molecule has 0 bridgehead atoms. The molecular weight excluding hydrogens is 805 g/mol. The van der Waals surface area contributed by atoms with Crippen LogP contribution in [0.2, 0.25) is 0 Å². The van der Waals surface area contributed by atoms with Crippen molar-refractivity contribution in [3.05, 3.63) is 85.1 Å². The first kappa shape index (κ1) is 61.6. The van der Waals surface area contributed by atoms with Crippen molar-refractivity contribution in [1.29, 1.82) is 0 Å². The van der Waals surface area contributed by atoms with Gasteiger partial charge < -0.3 is 14.2 Å². The number of rotatable bonds is 48. The molecule has 0 aliphatic heterocycles. The SMILES string of the molecule is CC/C=C\C/C=C\C/C=C\CCCCCCCC(=O)O[C@H](COC(=O)CCC/C=C\C/C=C\C/C=C\C/C=C\CCCCC)COC(=O)CCCCCCCCCCCCCCCCC. The molecule has 0 amide bonds. The van der Waals surface area contributed by atoms with Crippen LogP contribution in [0.3, 0.4) is 0 Å². The van der Waals surface area contributed by atoms with Gasteiger partial charge in [0.25, 0.3) is 0 Å². The van der Waals surface area contributed by atoms with E-state index in [4.69, 9.17) is 14.2 Å². The topological polar surface area (TPSA) is 78.9 Å². The molecule has 1 atom stereocenters. The normalized spacial score (nSPS) is 12.7. The Bertz CT molecular complexity index is 1270. The van der Waals surface area contributed by atoms with E-state index in [0.717, 1.165) is 103 Å². The zero-order valence-electron chi connectivity index (χ0n) is 42.5. The number of hydrogen-bond donors (Lipinski definition) is 0. The van der Waals surface area contributed by atoms with Crippen LogP contribution >= 0.6 is 0 Å². The van der Waals surface area contributed by atoms with Crippen molar-refractivity contribution in [2.45, 2.75) is 258 Å². The number of allylic oxidation sites excluding steroid dienone is 14. The number of hydrogen-bond acceptors (Lipinski definition) is 6. The Kier molecular flexibility index (Phi) is 50.4. The fraction of sp³-hybridized carbons (Fsp3) is 0.712. The molecule has 0 aliphatic rings. The van der Waals surface area contributed by atoms with E-state index >= 15 is 0 Å². The maximum absolute atomic E-state index is 12.8. The molecule has 0 unspecified atom stereocenters. The molecule has 0 saturated carbocycles. The second-order valence-electron chi connectivity index (χ2n) is 17.8. The van der Waals surface area contributed by atoms with Crippen LogP contribution in [-0.2, 0) is 28.6 Å². The highest BCUT2D eigenvalue weighted by atomic mass is 16.6. The zero-order valence-corrected chi connectivity index (χ0v) is 42.5. The van der Waals surface area contributed by atoms with Crippen LogP contribution in [0.5, 0.6) is 0 Å². The Balaban J connectivity index is 4.49. The summed E-state index contributed by atoms with van der Waals surface area (Å²) in [6, 6.07) is 0.